The van der Waals surface area contributed by atoms with Crippen molar-refractivity contribution in [2.45, 2.75) is 26.2 Å². The highest BCUT2D eigenvalue weighted by Crippen LogP contribution is 2.31. The molecule has 0 saturated carbocycles. The van der Waals surface area contributed by atoms with E-state index in [1.54, 1.807) is 24.3 Å². The summed E-state index contributed by atoms with van der Waals surface area (Å²) >= 11 is 10.1. The van der Waals surface area contributed by atoms with E-state index in [9.17, 15) is 9.59 Å². The van der Waals surface area contributed by atoms with Gasteiger partial charge in [-0.1, -0.05) is 42.8 Å². The Morgan fingerprint density at radius 3 is 1.76 bits per heavy atom. The fourth-order valence-corrected chi connectivity index (χ4v) is 3.83. The van der Waals surface area contributed by atoms with Gasteiger partial charge in [0.15, 0.2) is 13.2 Å². The lowest BCUT2D eigenvalue weighted by molar-refractivity contribution is -0.131. The predicted molar refractivity (Wildman–Crippen MR) is 122 cm³/mol. The molecule has 0 aromatic heterocycles. The van der Waals surface area contributed by atoms with Crippen LogP contribution in [0.2, 0.25) is 0 Å². The van der Waals surface area contributed by atoms with Gasteiger partial charge >= 0.3 is 0 Å². The molecule has 0 aliphatic carbocycles. The second-order valence-corrected chi connectivity index (χ2v) is 9.77. The van der Waals surface area contributed by atoms with Crippen LogP contribution in [-0.4, -0.2) is 25.0 Å². The lowest BCUT2D eigenvalue weighted by Gasteiger charge is -2.20. The summed E-state index contributed by atoms with van der Waals surface area (Å²) in [6.45, 7) is 5.85. The first kappa shape index (κ1) is 23.7. The number of nitrogens with one attached hydrogen (secondary N) is 2. The van der Waals surface area contributed by atoms with Crippen molar-refractivity contribution in [3.8, 4) is 11.5 Å². The molecule has 156 valence electrons. The molecule has 0 heterocycles. The van der Waals surface area contributed by atoms with Crippen LogP contribution in [0.4, 0.5) is 0 Å². The molecule has 0 bridgehead atoms. The molecule has 0 aliphatic rings. The second-order valence-electron chi connectivity index (χ2n) is 7.14. The Kier molecular flexibility index (Phi) is 8.54. The summed E-state index contributed by atoms with van der Waals surface area (Å²) in [5, 5.41) is 0. The number of rotatable bonds is 6. The topological polar surface area (TPSA) is 76.7 Å². The molecule has 29 heavy (non-hydrogen) atoms. The minimum atomic E-state index is -0.496. The minimum Gasteiger partial charge on any atom is -0.483 e. The van der Waals surface area contributed by atoms with Crippen molar-refractivity contribution in [2.75, 3.05) is 13.2 Å². The van der Waals surface area contributed by atoms with Crippen molar-refractivity contribution in [3.63, 3.8) is 0 Å². The molecule has 2 aromatic rings. The maximum Gasteiger partial charge on any atom is 0.276 e. The Balaban J connectivity index is 1.76. The zero-order valence-electron chi connectivity index (χ0n) is 16.1. The Morgan fingerprint density at radius 2 is 1.31 bits per heavy atom. The first-order valence-electron chi connectivity index (χ1n) is 8.64. The van der Waals surface area contributed by atoms with Crippen molar-refractivity contribution >= 4 is 59.6 Å². The standard InChI is InChI=1S/C20H21Br3N2O4/c1-20(2,3)12-4-6-16(14(22)8-12)28-10-18(26)24-25-19(27)11-29-17-7-5-13(21)9-15(17)23/h4-9H,10-11H2,1-3H3,(H,24,26)(H,25,27). The molecule has 9 heteroatoms. The Labute approximate surface area is 195 Å². The number of halogens is 3. The summed E-state index contributed by atoms with van der Waals surface area (Å²) in [6.07, 6.45) is 0. The first-order chi connectivity index (χ1) is 13.6. The molecule has 2 N–H and O–H groups in total. The van der Waals surface area contributed by atoms with Crippen LogP contribution in [0.25, 0.3) is 0 Å². The zero-order chi connectivity index (χ0) is 21.6. The van der Waals surface area contributed by atoms with E-state index < -0.39 is 11.8 Å². The Hall–Kier alpha value is -1.58. The molecule has 0 fully saturated rings. The minimum absolute atomic E-state index is 0.0105. The third kappa shape index (κ3) is 7.64. The molecule has 2 rings (SSSR count). The quantitative estimate of drug-likeness (QED) is 0.469. The SMILES string of the molecule is CC(C)(C)c1ccc(OCC(=O)NNC(=O)COc2ccc(Br)cc2Br)c(Br)c1. The number of ether oxygens (including phenoxy) is 2. The van der Waals surface area contributed by atoms with Gasteiger partial charge in [0.1, 0.15) is 11.5 Å². The van der Waals surface area contributed by atoms with Gasteiger partial charge in [-0.25, -0.2) is 0 Å². The maximum atomic E-state index is 11.9. The summed E-state index contributed by atoms with van der Waals surface area (Å²) in [7, 11) is 0. The summed E-state index contributed by atoms with van der Waals surface area (Å²) in [6, 6.07) is 11.0. The van der Waals surface area contributed by atoms with E-state index in [1.165, 1.54) is 0 Å². The third-order valence-electron chi connectivity index (χ3n) is 3.75. The molecule has 0 atom stereocenters. The van der Waals surface area contributed by atoms with Gasteiger partial charge in [-0.15, -0.1) is 0 Å². The van der Waals surface area contributed by atoms with Gasteiger partial charge in [0.25, 0.3) is 11.8 Å². The van der Waals surface area contributed by atoms with Gasteiger partial charge in [-0.05, 0) is 73.2 Å². The number of hydrogen-bond acceptors (Lipinski definition) is 4. The van der Waals surface area contributed by atoms with E-state index in [2.05, 4.69) is 79.4 Å². The van der Waals surface area contributed by atoms with Crippen LogP contribution in [-0.2, 0) is 15.0 Å². The lowest BCUT2D eigenvalue weighted by Crippen LogP contribution is -2.45. The number of hydrazine groups is 1. The summed E-state index contributed by atoms with van der Waals surface area (Å²) < 4.78 is 13.3. The van der Waals surface area contributed by atoms with E-state index >= 15 is 0 Å². The molecule has 0 spiro atoms. The van der Waals surface area contributed by atoms with Gasteiger partial charge < -0.3 is 9.47 Å². The normalized spacial score (nSPS) is 11.0. The first-order valence-corrected chi connectivity index (χ1v) is 11.0. The van der Waals surface area contributed by atoms with Crippen LogP contribution in [0.5, 0.6) is 11.5 Å². The largest absolute Gasteiger partial charge is 0.483 e. The van der Waals surface area contributed by atoms with E-state index in [0.29, 0.717) is 16.0 Å². The Morgan fingerprint density at radius 1 is 0.828 bits per heavy atom. The molecular weight excluding hydrogens is 572 g/mol. The maximum absolute atomic E-state index is 11.9. The highest BCUT2D eigenvalue weighted by Gasteiger charge is 2.16. The fourth-order valence-electron chi connectivity index (χ4n) is 2.17. The smallest absolute Gasteiger partial charge is 0.276 e. The monoisotopic (exact) mass is 590 g/mol. The van der Waals surface area contributed by atoms with Gasteiger partial charge in [0.2, 0.25) is 0 Å². The van der Waals surface area contributed by atoms with Gasteiger partial charge in [0.05, 0.1) is 8.95 Å². The van der Waals surface area contributed by atoms with E-state index in [1.807, 2.05) is 12.1 Å². The van der Waals surface area contributed by atoms with Gasteiger partial charge in [-0.3, -0.25) is 20.4 Å². The van der Waals surface area contributed by atoms with Crippen molar-refractivity contribution in [3.05, 3.63) is 55.4 Å². The lowest BCUT2D eigenvalue weighted by atomic mass is 9.87. The molecule has 0 unspecified atom stereocenters. The van der Waals surface area contributed by atoms with Crippen LogP contribution in [0, 0.1) is 0 Å². The van der Waals surface area contributed by atoms with Gasteiger partial charge in [0, 0.05) is 4.47 Å². The molecular formula is C20H21Br3N2O4. The van der Waals surface area contributed by atoms with Crippen molar-refractivity contribution in [1.82, 2.24) is 10.9 Å². The van der Waals surface area contributed by atoms with Crippen LogP contribution in [0.3, 0.4) is 0 Å². The van der Waals surface area contributed by atoms with Crippen molar-refractivity contribution in [2.24, 2.45) is 0 Å². The third-order valence-corrected chi connectivity index (χ3v) is 5.48. The van der Waals surface area contributed by atoms with Crippen molar-refractivity contribution < 1.29 is 19.1 Å². The highest BCUT2D eigenvalue weighted by molar-refractivity contribution is 9.11. The Bertz CT molecular complexity index is 898. The predicted octanol–water partition coefficient (Wildman–Crippen LogP) is 4.88. The van der Waals surface area contributed by atoms with Crippen LogP contribution >= 0.6 is 47.8 Å². The average molecular weight is 593 g/mol. The van der Waals surface area contributed by atoms with Crippen LogP contribution < -0.4 is 20.3 Å². The second kappa shape index (κ2) is 10.4. The number of benzene rings is 2. The summed E-state index contributed by atoms with van der Waals surface area (Å²) in [5.41, 5.74) is 5.73. The molecule has 0 radical (unpaired) electrons. The number of carbonyl (C=O) groups is 2. The van der Waals surface area contributed by atoms with Crippen LogP contribution in [0.1, 0.15) is 26.3 Å². The van der Waals surface area contributed by atoms with E-state index in [-0.39, 0.29) is 18.6 Å². The fraction of sp³-hybridized carbons (Fsp3) is 0.300. The van der Waals surface area contributed by atoms with Crippen molar-refractivity contribution in [1.29, 1.82) is 0 Å². The summed E-state index contributed by atoms with van der Waals surface area (Å²) in [5.74, 6) is 0.0725. The number of hydrogen-bond donors (Lipinski definition) is 2. The number of carbonyl (C=O) groups excluding carboxylic acids is 2. The summed E-state index contributed by atoms with van der Waals surface area (Å²) in [4.78, 5) is 23.7. The average Bonchev–Trinajstić information content (AvgIpc) is 2.63. The number of amides is 2. The zero-order valence-corrected chi connectivity index (χ0v) is 20.9. The molecule has 6 nitrogen and oxygen atoms in total. The van der Waals surface area contributed by atoms with E-state index in [0.717, 1.165) is 14.5 Å². The highest BCUT2D eigenvalue weighted by atomic mass is 79.9. The molecule has 0 aliphatic heterocycles. The van der Waals surface area contributed by atoms with Gasteiger partial charge in [-0.2, -0.15) is 0 Å². The molecule has 2 aromatic carbocycles. The van der Waals surface area contributed by atoms with E-state index in [4.69, 9.17) is 9.47 Å². The van der Waals surface area contributed by atoms with Crippen LogP contribution in [0.15, 0.2) is 49.8 Å². The molecule has 0 saturated heterocycles. The molecule has 2 amide bonds.